The molecule has 1 aromatic rings. The largest absolute Gasteiger partial charge is 0.355 e. The molecule has 1 atom stereocenters. The average Bonchev–Trinajstić information content (AvgIpc) is 2.56. The predicted molar refractivity (Wildman–Crippen MR) is 67.8 cm³/mol. The highest BCUT2D eigenvalue weighted by atomic mass is 16.2. The maximum absolute atomic E-state index is 11.6. The summed E-state index contributed by atoms with van der Waals surface area (Å²) in [5.74, 6) is 0.140. The highest BCUT2D eigenvalue weighted by molar-refractivity contribution is 5.82. The molecule has 0 bridgehead atoms. The molecule has 17 heavy (non-hydrogen) atoms. The van der Waals surface area contributed by atoms with Crippen LogP contribution >= 0.6 is 0 Å². The van der Waals surface area contributed by atoms with E-state index in [2.05, 4.69) is 42.2 Å². The first kappa shape index (κ1) is 12.2. The minimum atomic E-state index is -0.0244. The third-order valence-corrected chi connectivity index (χ3v) is 3.70. The Hall–Kier alpha value is -1.29. The second-order valence-electron chi connectivity index (χ2n) is 4.82. The first-order valence-electron chi connectivity index (χ1n) is 6.22. The summed E-state index contributed by atoms with van der Waals surface area (Å²) in [7, 11) is 2.07. The van der Waals surface area contributed by atoms with E-state index in [9.17, 15) is 4.79 Å². The van der Waals surface area contributed by atoms with Gasteiger partial charge in [0.25, 0.3) is 0 Å². The molecular formula is C13H21N3O. The van der Waals surface area contributed by atoms with Gasteiger partial charge in [-0.1, -0.05) is 0 Å². The summed E-state index contributed by atoms with van der Waals surface area (Å²) < 4.78 is 2.18. The maximum Gasteiger partial charge on any atom is 0.237 e. The molecule has 0 aliphatic carbocycles. The summed E-state index contributed by atoms with van der Waals surface area (Å²) in [5, 5.41) is 6.24. The highest BCUT2D eigenvalue weighted by Crippen LogP contribution is 2.13. The van der Waals surface area contributed by atoms with Gasteiger partial charge in [-0.15, -0.1) is 0 Å². The molecule has 2 rings (SSSR count). The van der Waals surface area contributed by atoms with Crippen molar-refractivity contribution in [3.05, 3.63) is 23.0 Å². The van der Waals surface area contributed by atoms with E-state index in [4.69, 9.17) is 0 Å². The summed E-state index contributed by atoms with van der Waals surface area (Å²) in [4.78, 5) is 11.6. The van der Waals surface area contributed by atoms with Crippen LogP contribution in [-0.4, -0.2) is 23.1 Å². The van der Waals surface area contributed by atoms with Crippen molar-refractivity contribution in [1.82, 2.24) is 15.2 Å². The molecule has 4 heteroatoms. The van der Waals surface area contributed by atoms with Crippen molar-refractivity contribution in [3.8, 4) is 0 Å². The molecule has 94 valence electrons. The quantitative estimate of drug-likeness (QED) is 0.821. The number of nitrogens with one attached hydrogen (secondary N) is 2. The fourth-order valence-corrected chi connectivity index (χ4v) is 2.31. The Morgan fingerprint density at radius 3 is 2.88 bits per heavy atom. The summed E-state index contributed by atoms with van der Waals surface area (Å²) in [5.41, 5.74) is 3.81. The minimum Gasteiger partial charge on any atom is -0.355 e. The van der Waals surface area contributed by atoms with Gasteiger partial charge in [-0.2, -0.15) is 0 Å². The minimum absolute atomic E-state index is 0.0244. The lowest BCUT2D eigenvalue weighted by atomic mass is 10.1. The summed E-state index contributed by atoms with van der Waals surface area (Å²) in [6.07, 6.45) is 2.01. The Bertz CT molecular complexity index is 423. The van der Waals surface area contributed by atoms with Gasteiger partial charge in [0.1, 0.15) is 0 Å². The van der Waals surface area contributed by atoms with Crippen LogP contribution in [0.15, 0.2) is 6.07 Å². The lowest BCUT2D eigenvalue weighted by molar-refractivity contribution is -0.124. The van der Waals surface area contributed by atoms with Gasteiger partial charge >= 0.3 is 0 Å². The third kappa shape index (κ3) is 2.52. The number of piperidine rings is 1. The average molecular weight is 235 g/mol. The maximum atomic E-state index is 11.6. The number of aromatic nitrogens is 1. The van der Waals surface area contributed by atoms with E-state index in [0.29, 0.717) is 0 Å². The number of aryl methyl sites for hydroxylation is 1. The van der Waals surface area contributed by atoms with Crippen molar-refractivity contribution < 1.29 is 4.79 Å². The molecule has 1 amide bonds. The molecule has 1 aromatic heterocycles. The van der Waals surface area contributed by atoms with E-state index < -0.39 is 0 Å². The standard InChI is InChI=1S/C13H21N3O/c1-9-7-11(10(2)16(9)3)8-15-12-5-4-6-14-13(12)17/h7,12,15H,4-6,8H2,1-3H3,(H,14,17). The first-order chi connectivity index (χ1) is 8.09. The van der Waals surface area contributed by atoms with Gasteiger partial charge in [-0.05, 0) is 38.3 Å². The van der Waals surface area contributed by atoms with Crippen LogP contribution in [0.2, 0.25) is 0 Å². The van der Waals surface area contributed by atoms with E-state index in [0.717, 1.165) is 25.9 Å². The van der Waals surface area contributed by atoms with Crippen LogP contribution in [0.4, 0.5) is 0 Å². The monoisotopic (exact) mass is 235 g/mol. The predicted octanol–water partition coefficient (Wildman–Crippen LogP) is 1.01. The molecular weight excluding hydrogens is 214 g/mol. The number of hydrogen-bond donors (Lipinski definition) is 2. The number of carbonyl (C=O) groups is 1. The second kappa shape index (κ2) is 4.92. The van der Waals surface area contributed by atoms with Crippen LogP contribution in [0.1, 0.15) is 29.8 Å². The van der Waals surface area contributed by atoms with Gasteiger partial charge < -0.3 is 15.2 Å². The van der Waals surface area contributed by atoms with Crippen molar-refractivity contribution in [3.63, 3.8) is 0 Å². The number of rotatable bonds is 3. The zero-order valence-corrected chi connectivity index (χ0v) is 10.8. The van der Waals surface area contributed by atoms with Crippen LogP contribution in [0.25, 0.3) is 0 Å². The SMILES string of the molecule is Cc1cc(CNC2CCCNC2=O)c(C)n1C. The smallest absolute Gasteiger partial charge is 0.237 e. The van der Waals surface area contributed by atoms with Crippen LogP contribution in [0.3, 0.4) is 0 Å². The van der Waals surface area contributed by atoms with Crippen LogP contribution < -0.4 is 10.6 Å². The molecule has 1 aliphatic rings. The highest BCUT2D eigenvalue weighted by Gasteiger charge is 2.21. The number of hydrogen-bond acceptors (Lipinski definition) is 2. The number of amides is 1. The fourth-order valence-electron chi connectivity index (χ4n) is 2.31. The van der Waals surface area contributed by atoms with Gasteiger partial charge in [0.15, 0.2) is 0 Å². The lowest BCUT2D eigenvalue weighted by Gasteiger charge is -2.22. The summed E-state index contributed by atoms with van der Waals surface area (Å²) in [6.45, 7) is 5.81. The van der Waals surface area contributed by atoms with Crippen LogP contribution in [0.5, 0.6) is 0 Å². The van der Waals surface area contributed by atoms with Gasteiger partial charge in [-0.3, -0.25) is 4.79 Å². The number of nitrogens with zero attached hydrogens (tertiary/aromatic N) is 1. The Morgan fingerprint density at radius 1 is 1.53 bits per heavy atom. The Labute approximate surface area is 102 Å². The van der Waals surface area contributed by atoms with Crippen LogP contribution in [-0.2, 0) is 18.4 Å². The summed E-state index contributed by atoms with van der Waals surface area (Å²) in [6, 6.07) is 2.16. The normalized spacial score (nSPS) is 20.4. The molecule has 2 heterocycles. The van der Waals surface area contributed by atoms with Crippen molar-refractivity contribution in [1.29, 1.82) is 0 Å². The number of carbonyl (C=O) groups excluding carboxylic acids is 1. The van der Waals surface area contributed by atoms with Gasteiger partial charge in [0, 0.05) is 31.5 Å². The topological polar surface area (TPSA) is 46.1 Å². The van der Waals surface area contributed by atoms with Crippen molar-refractivity contribution in [2.75, 3.05) is 6.54 Å². The fraction of sp³-hybridized carbons (Fsp3) is 0.615. The van der Waals surface area contributed by atoms with E-state index in [-0.39, 0.29) is 11.9 Å². The third-order valence-electron chi connectivity index (χ3n) is 3.70. The summed E-state index contributed by atoms with van der Waals surface area (Å²) >= 11 is 0. The molecule has 1 fully saturated rings. The van der Waals surface area contributed by atoms with Crippen molar-refractivity contribution in [2.24, 2.45) is 7.05 Å². The molecule has 1 aliphatic heterocycles. The first-order valence-corrected chi connectivity index (χ1v) is 6.22. The molecule has 0 aromatic carbocycles. The molecule has 0 spiro atoms. The zero-order chi connectivity index (χ0) is 12.4. The molecule has 2 N–H and O–H groups in total. The van der Waals surface area contributed by atoms with Gasteiger partial charge in [-0.25, -0.2) is 0 Å². The van der Waals surface area contributed by atoms with E-state index in [1.54, 1.807) is 0 Å². The Kier molecular flexibility index (Phi) is 3.52. The van der Waals surface area contributed by atoms with Crippen LogP contribution in [0, 0.1) is 13.8 Å². The Balaban J connectivity index is 1.97. The molecule has 1 unspecified atom stereocenters. The van der Waals surface area contributed by atoms with E-state index >= 15 is 0 Å². The van der Waals surface area contributed by atoms with Gasteiger partial charge in [0.05, 0.1) is 6.04 Å². The van der Waals surface area contributed by atoms with Crippen molar-refractivity contribution >= 4 is 5.91 Å². The molecule has 0 saturated carbocycles. The second-order valence-corrected chi connectivity index (χ2v) is 4.82. The molecule has 4 nitrogen and oxygen atoms in total. The Morgan fingerprint density at radius 2 is 2.29 bits per heavy atom. The lowest BCUT2D eigenvalue weighted by Crippen LogP contribution is -2.47. The van der Waals surface area contributed by atoms with Crippen molar-refractivity contribution in [2.45, 2.75) is 39.3 Å². The van der Waals surface area contributed by atoms with Gasteiger partial charge in [0.2, 0.25) is 5.91 Å². The van der Waals surface area contributed by atoms with E-state index in [1.807, 2.05) is 0 Å². The molecule has 0 radical (unpaired) electrons. The van der Waals surface area contributed by atoms with E-state index in [1.165, 1.54) is 17.0 Å². The zero-order valence-electron chi connectivity index (χ0n) is 10.8. The molecule has 1 saturated heterocycles.